The predicted molar refractivity (Wildman–Crippen MR) is 94.0 cm³/mol. The summed E-state index contributed by atoms with van der Waals surface area (Å²) in [6.07, 6.45) is -9.71. The number of rotatable bonds is 6. The van der Waals surface area contributed by atoms with Crippen molar-refractivity contribution in [1.29, 1.82) is 5.26 Å². The number of hydrogen-bond acceptors (Lipinski definition) is 5. The van der Waals surface area contributed by atoms with Crippen molar-refractivity contribution < 1.29 is 45.7 Å². The van der Waals surface area contributed by atoms with Crippen LogP contribution in [0.4, 0.5) is 32.0 Å². The van der Waals surface area contributed by atoms with E-state index in [2.05, 4.69) is 10.1 Å². The topological polar surface area (TPSA) is 91.6 Å². The quantitative estimate of drug-likeness (QED) is 0.645. The highest BCUT2D eigenvalue weighted by molar-refractivity contribution is 5.97. The SMILES string of the molecule is CC(O)(COc1ccc(OC(F)(F)F)cc1)C(=O)Nc1ccc(C#N)c(C(F)(F)F)c1. The summed E-state index contributed by atoms with van der Waals surface area (Å²) in [6.45, 7) is 0.360. The Balaban J connectivity index is 2.04. The van der Waals surface area contributed by atoms with Gasteiger partial charge in [-0.25, -0.2) is 0 Å². The smallest absolute Gasteiger partial charge is 0.490 e. The van der Waals surface area contributed by atoms with E-state index in [1.54, 1.807) is 0 Å². The molecule has 1 unspecified atom stereocenters. The maximum Gasteiger partial charge on any atom is 0.573 e. The van der Waals surface area contributed by atoms with Crippen LogP contribution in [0.1, 0.15) is 18.1 Å². The summed E-state index contributed by atoms with van der Waals surface area (Å²) in [5, 5.41) is 21.1. The van der Waals surface area contributed by atoms with Gasteiger partial charge in [0, 0.05) is 5.69 Å². The molecule has 0 radical (unpaired) electrons. The Kier molecular flexibility index (Phi) is 6.70. The van der Waals surface area contributed by atoms with Gasteiger partial charge >= 0.3 is 12.5 Å². The predicted octanol–water partition coefficient (Wildman–Crippen LogP) is 4.24. The number of halogens is 6. The van der Waals surface area contributed by atoms with Crippen LogP contribution in [0.25, 0.3) is 0 Å². The van der Waals surface area contributed by atoms with E-state index in [-0.39, 0.29) is 11.4 Å². The largest absolute Gasteiger partial charge is 0.573 e. The van der Waals surface area contributed by atoms with Gasteiger partial charge in [-0.2, -0.15) is 18.4 Å². The van der Waals surface area contributed by atoms with Gasteiger partial charge in [-0.05, 0) is 49.4 Å². The lowest BCUT2D eigenvalue weighted by Gasteiger charge is -2.23. The number of aliphatic hydroxyl groups is 1. The molecule has 0 bridgehead atoms. The molecule has 0 heterocycles. The molecule has 166 valence electrons. The molecule has 2 aromatic rings. The average Bonchev–Trinajstić information content (AvgIpc) is 2.65. The van der Waals surface area contributed by atoms with E-state index >= 15 is 0 Å². The Morgan fingerprint density at radius 3 is 2.16 bits per heavy atom. The van der Waals surface area contributed by atoms with E-state index in [4.69, 9.17) is 10.00 Å². The minimum absolute atomic E-state index is 0.000306. The molecule has 0 aliphatic heterocycles. The molecule has 0 fully saturated rings. The fraction of sp³-hybridized carbons (Fsp3) is 0.263. The van der Waals surface area contributed by atoms with E-state index in [1.807, 2.05) is 0 Å². The van der Waals surface area contributed by atoms with Gasteiger partial charge in [0.15, 0.2) is 5.60 Å². The highest BCUT2D eigenvalue weighted by Gasteiger charge is 2.35. The zero-order valence-corrected chi connectivity index (χ0v) is 15.6. The molecule has 2 aromatic carbocycles. The number of alkyl halides is 6. The zero-order chi connectivity index (χ0) is 23.4. The molecule has 6 nitrogen and oxygen atoms in total. The van der Waals surface area contributed by atoms with E-state index in [1.165, 1.54) is 6.07 Å². The molecule has 0 aromatic heterocycles. The van der Waals surface area contributed by atoms with Crippen molar-refractivity contribution in [2.45, 2.75) is 25.1 Å². The van der Waals surface area contributed by atoms with Gasteiger partial charge in [0.1, 0.15) is 18.1 Å². The van der Waals surface area contributed by atoms with Crippen LogP contribution in [0.15, 0.2) is 42.5 Å². The number of carbonyl (C=O) groups is 1. The molecule has 2 rings (SSSR count). The summed E-state index contributed by atoms with van der Waals surface area (Å²) < 4.78 is 84.3. The highest BCUT2D eigenvalue weighted by Crippen LogP contribution is 2.33. The van der Waals surface area contributed by atoms with Crippen LogP contribution in [-0.4, -0.2) is 29.6 Å². The van der Waals surface area contributed by atoms with Crippen molar-refractivity contribution in [3.8, 4) is 17.6 Å². The number of carbonyl (C=O) groups excluding carboxylic acids is 1. The van der Waals surface area contributed by atoms with Gasteiger partial charge in [0.05, 0.1) is 17.2 Å². The molecule has 0 spiro atoms. The van der Waals surface area contributed by atoms with Crippen LogP contribution in [0.2, 0.25) is 0 Å². The van der Waals surface area contributed by atoms with Crippen LogP contribution in [-0.2, 0) is 11.0 Å². The minimum Gasteiger partial charge on any atom is -0.490 e. The van der Waals surface area contributed by atoms with Crippen molar-refractivity contribution in [1.82, 2.24) is 0 Å². The number of nitrogens with one attached hydrogen (secondary N) is 1. The maximum absolute atomic E-state index is 13.0. The molecular weight excluding hydrogens is 434 g/mol. The molecule has 0 saturated carbocycles. The number of ether oxygens (including phenoxy) is 2. The van der Waals surface area contributed by atoms with Crippen molar-refractivity contribution in [3.63, 3.8) is 0 Å². The van der Waals surface area contributed by atoms with Crippen molar-refractivity contribution >= 4 is 11.6 Å². The van der Waals surface area contributed by atoms with Crippen LogP contribution in [0, 0.1) is 11.3 Å². The second-order valence-electron chi connectivity index (χ2n) is 6.41. The van der Waals surface area contributed by atoms with Crippen LogP contribution < -0.4 is 14.8 Å². The zero-order valence-electron chi connectivity index (χ0n) is 15.6. The van der Waals surface area contributed by atoms with Crippen molar-refractivity contribution in [2.75, 3.05) is 11.9 Å². The molecule has 0 aliphatic rings. The van der Waals surface area contributed by atoms with Gasteiger partial charge in [-0.3, -0.25) is 4.79 Å². The summed E-state index contributed by atoms with van der Waals surface area (Å²) in [6, 6.07) is 7.98. The van der Waals surface area contributed by atoms with Crippen LogP contribution in [0.5, 0.6) is 11.5 Å². The Bertz CT molecular complexity index is 979. The second-order valence-corrected chi connectivity index (χ2v) is 6.41. The standard InChI is InChI=1S/C19H14F6N2O4/c1-17(29,10-30-13-4-6-14(7-5-13)31-19(23,24)25)16(28)27-12-3-2-11(9-26)15(8-12)18(20,21)22/h2-8,29H,10H2,1H3,(H,27,28). The first-order chi connectivity index (χ1) is 14.2. The number of anilines is 1. The molecule has 1 amide bonds. The fourth-order valence-electron chi connectivity index (χ4n) is 2.25. The number of benzene rings is 2. The average molecular weight is 448 g/mol. The monoisotopic (exact) mass is 448 g/mol. The summed E-state index contributed by atoms with van der Waals surface area (Å²) in [5.74, 6) is -1.62. The number of nitrogens with zero attached hydrogens (tertiary/aromatic N) is 1. The number of amides is 1. The molecule has 2 N–H and O–H groups in total. The Morgan fingerprint density at radius 2 is 1.65 bits per heavy atom. The maximum atomic E-state index is 13.0. The summed E-state index contributed by atoms with van der Waals surface area (Å²) in [4.78, 5) is 12.2. The summed E-state index contributed by atoms with van der Waals surface area (Å²) in [7, 11) is 0. The third-order valence-corrected chi connectivity index (χ3v) is 3.77. The third kappa shape index (κ3) is 6.78. The van der Waals surface area contributed by atoms with E-state index in [0.717, 1.165) is 43.3 Å². The molecule has 12 heteroatoms. The summed E-state index contributed by atoms with van der Waals surface area (Å²) >= 11 is 0. The van der Waals surface area contributed by atoms with E-state index in [0.29, 0.717) is 6.07 Å². The number of nitriles is 1. The van der Waals surface area contributed by atoms with Crippen LogP contribution >= 0.6 is 0 Å². The molecule has 1 atom stereocenters. The lowest BCUT2D eigenvalue weighted by molar-refractivity contribution is -0.274. The van der Waals surface area contributed by atoms with Crippen LogP contribution in [0.3, 0.4) is 0 Å². The first kappa shape index (κ1) is 23.8. The van der Waals surface area contributed by atoms with Gasteiger partial charge in [0.25, 0.3) is 5.91 Å². The first-order valence-corrected chi connectivity index (χ1v) is 8.35. The fourth-order valence-corrected chi connectivity index (χ4v) is 2.25. The minimum atomic E-state index is -4.87. The molecule has 31 heavy (non-hydrogen) atoms. The molecule has 0 saturated heterocycles. The van der Waals surface area contributed by atoms with Crippen molar-refractivity contribution in [2.24, 2.45) is 0 Å². The summed E-state index contributed by atoms with van der Waals surface area (Å²) in [5.41, 5.74) is -4.43. The van der Waals surface area contributed by atoms with Gasteiger partial charge in [-0.15, -0.1) is 13.2 Å². The normalized spacial score (nSPS) is 13.6. The highest BCUT2D eigenvalue weighted by atomic mass is 19.4. The lowest BCUT2D eigenvalue weighted by atomic mass is 10.1. The Labute approximate surface area is 171 Å². The Hall–Kier alpha value is -3.46. The molecular formula is C19H14F6N2O4. The van der Waals surface area contributed by atoms with Gasteiger partial charge in [-0.1, -0.05) is 0 Å². The van der Waals surface area contributed by atoms with E-state index < -0.39 is 47.5 Å². The van der Waals surface area contributed by atoms with E-state index in [9.17, 15) is 36.2 Å². The number of hydrogen-bond donors (Lipinski definition) is 2. The van der Waals surface area contributed by atoms with Crippen molar-refractivity contribution in [3.05, 3.63) is 53.6 Å². The third-order valence-electron chi connectivity index (χ3n) is 3.77. The van der Waals surface area contributed by atoms with Gasteiger partial charge < -0.3 is 19.9 Å². The van der Waals surface area contributed by atoms with Gasteiger partial charge in [0.2, 0.25) is 0 Å². The Morgan fingerprint density at radius 1 is 1.06 bits per heavy atom. The second kappa shape index (κ2) is 8.73. The molecule has 0 aliphatic carbocycles. The lowest BCUT2D eigenvalue weighted by Crippen LogP contribution is -2.45. The first-order valence-electron chi connectivity index (χ1n) is 8.35.